The first-order valence-electron chi connectivity index (χ1n) is 6.38. The van der Waals surface area contributed by atoms with Gasteiger partial charge in [0.15, 0.2) is 0 Å². The first kappa shape index (κ1) is 14.8. The first-order valence-corrected chi connectivity index (χ1v) is 7.17. The third-order valence-corrected chi connectivity index (χ3v) is 4.05. The molecule has 2 N–H and O–H groups in total. The van der Waals surface area contributed by atoms with E-state index in [0.717, 1.165) is 21.8 Å². The van der Waals surface area contributed by atoms with Crippen LogP contribution in [-0.4, -0.2) is 12.0 Å². The molecule has 0 aromatic heterocycles. The lowest BCUT2D eigenvalue weighted by atomic mass is 10.0. The van der Waals surface area contributed by atoms with Crippen molar-refractivity contribution in [2.75, 3.05) is 11.9 Å². The number of halogens is 1. The Kier molecular flexibility index (Phi) is 4.63. The molecule has 0 bridgehead atoms. The van der Waals surface area contributed by atoms with E-state index < -0.39 is 0 Å². The fourth-order valence-electron chi connectivity index (χ4n) is 2.22. The molecule has 1 unspecified atom stereocenters. The molecule has 2 aromatic rings. The van der Waals surface area contributed by atoms with E-state index >= 15 is 0 Å². The molecule has 0 saturated carbocycles. The first-order chi connectivity index (χ1) is 9.52. The maximum Gasteiger partial charge on any atom is 0.106 e. The van der Waals surface area contributed by atoms with Gasteiger partial charge in [-0.15, -0.1) is 0 Å². The number of thiocarbonyl (C=S) groups is 1. The van der Waals surface area contributed by atoms with Crippen molar-refractivity contribution in [3.8, 4) is 0 Å². The van der Waals surface area contributed by atoms with E-state index in [-0.39, 0.29) is 6.04 Å². The highest BCUT2D eigenvalue weighted by molar-refractivity contribution is 7.80. The number of rotatable bonds is 4. The smallest absolute Gasteiger partial charge is 0.106 e. The summed E-state index contributed by atoms with van der Waals surface area (Å²) in [6, 6.07) is 15.9. The molecule has 0 radical (unpaired) electrons. The zero-order valence-electron chi connectivity index (χ0n) is 11.5. The molecule has 0 heterocycles. The van der Waals surface area contributed by atoms with Crippen molar-refractivity contribution in [3.63, 3.8) is 0 Å². The highest BCUT2D eigenvalue weighted by Crippen LogP contribution is 2.31. The normalized spacial score (nSPS) is 11.9. The van der Waals surface area contributed by atoms with E-state index in [0.29, 0.717) is 4.99 Å². The molecule has 2 aromatic carbocycles. The van der Waals surface area contributed by atoms with E-state index in [4.69, 9.17) is 29.6 Å². The maximum atomic E-state index is 6.28. The van der Waals surface area contributed by atoms with E-state index in [1.807, 2.05) is 55.6 Å². The van der Waals surface area contributed by atoms with Gasteiger partial charge in [0.05, 0.1) is 6.04 Å². The van der Waals surface area contributed by atoms with Gasteiger partial charge in [-0.05, 0) is 30.7 Å². The molecule has 1 atom stereocenters. The van der Waals surface area contributed by atoms with Crippen LogP contribution in [-0.2, 0) is 0 Å². The van der Waals surface area contributed by atoms with Crippen LogP contribution < -0.4 is 10.6 Å². The van der Waals surface area contributed by atoms with Crippen LogP contribution in [0.25, 0.3) is 0 Å². The number of nitrogens with two attached hydrogens (primary N) is 1. The second-order valence-electron chi connectivity index (χ2n) is 4.69. The molecule has 2 nitrogen and oxygen atoms in total. The molecule has 0 aliphatic heterocycles. The van der Waals surface area contributed by atoms with Crippen molar-refractivity contribution in [3.05, 3.63) is 64.7 Å². The third kappa shape index (κ3) is 2.94. The Morgan fingerprint density at radius 1 is 1.15 bits per heavy atom. The van der Waals surface area contributed by atoms with Crippen LogP contribution in [0.4, 0.5) is 5.69 Å². The van der Waals surface area contributed by atoms with Crippen molar-refractivity contribution in [1.29, 1.82) is 0 Å². The number of hydrogen-bond acceptors (Lipinski definition) is 2. The van der Waals surface area contributed by atoms with E-state index in [2.05, 4.69) is 11.8 Å². The van der Waals surface area contributed by atoms with Gasteiger partial charge in [0, 0.05) is 23.3 Å². The summed E-state index contributed by atoms with van der Waals surface area (Å²) in [4.78, 5) is 2.54. The fraction of sp³-hybridized carbons (Fsp3) is 0.188. The van der Waals surface area contributed by atoms with Gasteiger partial charge in [0.25, 0.3) is 0 Å². The van der Waals surface area contributed by atoms with Gasteiger partial charge in [0.2, 0.25) is 0 Å². The Bertz CT molecular complexity index is 627. The third-order valence-electron chi connectivity index (χ3n) is 3.49. The largest absolute Gasteiger partial charge is 0.389 e. The van der Waals surface area contributed by atoms with Crippen molar-refractivity contribution < 1.29 is 0 Å². The van der Waals surface area contributed by atoms with E-state index in [9.17, 15) is 0 Å². The van der Waals surface area contributed by atoms with Crippen LogP contribution >= 0.6 is 23.8 Å². The van der Waals surface area contributed by atoms with Crippen LogP contribution in [0.5, 0.6) is 0 Å². The predicted molar refractivity (Wildman–Crippen MR) is 90.6 cm³/mol. The van der Waals surface area contributed by atoms with Crippen LogP contribution in [0.3, 0.4) is 0 Å². The molecule has 0 spiro atoms. The molecule has 4 heteroatoms. The van der Waals surface area contributed by atoms with Crippen molar-refractivity contribution in [2.45, 2.75) is 13.0 Å². The zero-order valence-corrected chi connectivity index (χ0v) is 13.1. The summed E-state index contributed by atoms with van der Waals surface area (Å²) in [5.74, 6) is 0. The Labute approximate surface area is 130 Å². The van der Waals surface area contributed by atoms with Crippen LogP contribution in [0.2, 0.25) is 5.02 Å². The van der Waals surface area contributed by atoms with Crippen molar-refractivity contribution in [2.24, 2.45) is 5.73 Å². The molecule has 0 amide bonds. The van der Waals surface area contributed by atoms with E-state index in [1.54, 1.807) is 0 Å². The lowest BCUT2D eigenvalue weighted by molar-refractivity contribution is 0.739. The average Bonchev–Trinajstić information content (AvgIpc) is 2.46. The van der Waals surface area contributed by atoms with Gasteiger partial charge in [-0.2, -0.15) is 0 Å². The van der Waals surface area contributed by atoms with Gasteiger partial charge < -0.3 is 10.6 Å². The van der Waals surface area contributed by atoms with Gasteiger partial charge in [0.1, 0.15) is 4.99 Å². The summed E-state index contributed by atoms with van der Waals surface area (Å²) in [6.07, 6.45) is 0. The molecular formula is C16H17ClN2S. The standard InChI is InChI=1S/C16H17ClN2S/c1-11(12-7-3-5-9-14(12)17)19(2)15-10-6-4-8-13(15)16(18)20/h3-11H,1-2H3,(H2,18,20). The fourth-order valence-corrected chi connectivity index (χ4v) is 2.69. The summed E-state index contributed by atoms with van der Waals surface area (Å²) < 4.78 is 0. The van der Waals surface area contributed by atoms with Crippen molar-refractivity contribution >= 4 is 34.5 Å². The number of anilines is 1. The summed E-state index contributed by atoms with van der Waals surface area (Å²) in [5, 5.41) is 0.764. The second-order valence-corrected chi connectivity index (χ2v) is 5.54. The number of nitrogens with zero attached hydrogens (tertiary/aromatic N) is 1. The summed E-state index contributed by atoms with van der Waals surface area (Å²) in [7, 11) is 2.02. The average molecular weight is 305 g/mol. The molecule has 104 valence electrons. The quantitative estimate of drug-likeness (QED) is 0.860. The summed E-state index contributed by atoms with van der Waals surface area (Å²) in [5.41, 5.74) is 8.76. The Hall–Kier alpha value is -1.58. The lowest BCUT2D eigenvalue weighted by Gasteiger charge is -2.29. The van der Waals surface area contributed by atoms with Crippen LogP contribution in [0.1, 0.15) is 24.1 Å². The van der Waals surface area contributed by atoms with Gasteiger partial charge in [-0.25, -0.2) is 0 Å². The molecule has 20 heavy (non-hydrogen) atoms. The lowest BCUT2D eigenvalue weighted by Crippen LogP contribution is -2.25. The van der Waals surface area contributed by atoms with Gasteiger partial charge in [-0.1, -0.05) is 54.2 Å². The van der Waals surface area contributed by atoms with Gasteiger partial charge in [-0.3, -0.25) is 0 Å². The minimum absolute atomic E-state index is 0.124. The Balaban J connectivity index is 2.39. The highest BCUT2D eigenvalue weighted by atomic mass is 35.5. The molecule has 0 aliphatic carbocycles. The number of benzene rings is 2. The SMILES string of the molecule is CC(c1ccccc1Cl)N(C)c1ccccc1C(N)=S. The summed E-state index contributed by atoms with van der Waals surface area (Å²) in [6.45, 7) is 2.11. The zero-order chi connectivity index (χ0) is 14.7. The van der Waals surface area contributed by atoms with E-state index in [1.165, 1.54) is 0 Å². The molecule has 0 fully saturated rings. The minimum Gasteiger partial charge on any atom is -0.389 e. The van der Waals surface area contributed by atoms with Crippen LogP contribution in [0.15, 0.2) is 48.5 Å². The van der Waals surface area contributed by atoms with Crippen LogP contribution in [0, 0.1) is 0 Å². The highest BCUT2D eigenvalue weighted by Gasteiger charge is 2.17. The Morgan fingerprint density at radius 2 is 1.75 bits per heavy atom. The number of para-hydroxylation sites is 1. The molecule has 2 rings (SSSR count). The Morgan fingerprint density at radius 3 is 2.40 bits per heavy atom. The maximum absolute atomic E-state index is 6.28. The monoisotopic (exact) mass is 304 g/mol. The summed E-state index contributed by atoms with van der Waals surface area (Å²) >= 11 is 11.4. The molecule has 0 saturated heterocycles. The molecular weight excluding hydrogens is 288 g/mol. The van der Waals surface area contributed by atoms with Crippen molar-refractivity contribution in [1.82, 2.24) is 0 Å². The minimum atomic E-state index is 0.124. The predicted octanol–water partition coefficient (Wildman–Crippen LogP) is 4.17. The topological polar surface area (TPSA) is 29.3 Å². The second kappa shape index (κ2) is 6.25. The number of hydrogen-bond donors (Lipinski definition) is 1. The molecule has 0 aliphatic rings. The van der Waals surface area contributed by atoms with Gasteiger partial charge >= 0.3 is 0 Å².